The zero-order valence-electron chi connectivity index (χ0n) is 7.85. The smallest absolute Gasteiger partial charge is 0.103 e. The maximum Gasteiger partial charge on any atom is 0.103 e. The van der Waals surface area contributed by atoms with E-state index in [-0.39, 0.29) is 0 Å². The summed E-state index contributed by atoms with van der Waals surface area (Å²) in [4.78, 5) is 0. The van der Waals surface area contributed by atoms with Crippen molar-refractivity contribution >= 4 is 5.71 Å². The predicted octanol–water partition coefficient (Wildman–Crippen LogP) is 1.51. The minimum absolute atomic E-state index is 0.578. The average Bonchev–Trinajstić information content (AvgIpc) is 2.71. The van der Waals surface area contributed by atoms with Crippen LogP contribution in [0.25, 0.3) is 0 Å². The molecule has 0 radical (unpaired) electrons. The normalized spacial score (nSPS) is 14.5. The second-order valence-electron chi connectivity index (χ2n) is 3.26. The minimum Gasteiger partial charge on any atom is -0.326 e. The van der Waals surface area contributed by atoms with Gasteiger partial charge in [-0.25, -0.2) is 0 Å². The molecule has 0 spiro atoms. The Hall–Kier alpha value is -1.55. The van der Waals surface area contributed by atoms with Gasteiger partial charge in [-0.05, 0) is 16.4 Å². The molecule has 0 atom stereocenters. The monoisotopic (exact) mass is 188 g/mol. The summed E-state index contributed by atoms with van der Waals surface area (Å²) >= 11 is 0. The average molecular weight is 188 g/mol. The Morgan fingerprint density at radius 1 is 1.29 bits per heavy atom. The third kappa shape index (κ3) is 2.03. The molecule has 0 fully saturated rings. The molecule has 1 aromatic rings. The zero-order valence-corrected chi connectivity index (χ0v) is 7.85. The number of hydrogen-bond donors (Lipinski definition) is 1. The van der Waals surface area contributed by atoms with Crippen molar-refractivity contribution in [2.75, 3.05) is 6.54 Å². The van der Waals surface area contributed by atoms with Gasteiger partial charge in [0.05, 0.1) is 5.71 Å². The van der Waals surface area contributed by atoms with Crippen LogP contribution in [0, 0.1) is 0 Å². The molecule has 4 nitrogen and oxygen atoms in total. The van der Waals surface area contributed by atoms with Crippen LogP contribution < -0.4 is 5.73 Å². The highest BCUT2D eigenvalue weighted by molar-refractivity contribution is 5.89. The lowest BCUT2D eigenvalue weighted by molar-refractivity contribution is 1.06. The first-order valence-corrected chi connectivity index (χ1v) is 4.58. The van der Waals surface area contributed by atoms with Crippen LogP contribution in [0.2, 0.25) is 0 Å². The molecule has 0 bridgehead atoms. The predicted molar refractivity (Wildman–Crippen MR) is 55.2 cm³/mol. The highest BCUT2D eigenvalue weighted by Gasteiger charge is 2.05. The Morgan fingerprint density at radius 3 is 2.86 bits per heavy atom. The summed E-state index contributed by atoms with van der Waals surface area (Å²) in [6, 6.07) is 8.21. The fourth-order valence-electron chi connectivity index (χ4n) is 1.43. The SMILES string of the molecule is NCc1cccc(CC2=NN=NC2)c1. The lowest BCUT2D eigenvalue weighted by Crippen LogP contribution is -2.05. The van der Waals surface area contributed by atoms with Crippen LogP contribution in [-0.4, -0.2) is 12.3 Å². The molecule has 2 N–H and O–H groups in total. The highest BCUT2D eigenvalue weighted by atomic mass is 15.4. The van der Waals surface area contributed by atoms with Crippen molar-refractivity contribution in [3.63, 3.8) is 0 Å². The van der Waals surface area contributed by atoms with Crippen LogP contribution in [0.15, 0.2) is 39.7 Å². The van der Waals surface area contributed by atoms with Crippen LogP contribution in [0.3, 0.4) is 0 Å². The quantitative estimate of drug-likeness (QED) is 0.767. The summed E-state index contributed by atoms with van der Waals surface area (Å²) in [5, 5.41) is 11.3. The lowest BCUT2D eigenvalue weighted by Gasteiger charge is -2.02. The molecule has 1 aliphatic heterocycles. The van der Waals surface area contributed by atoms with Crippen LogP contribution in [-0.2, 0) is 13.0 Å². The van der Waals surface area contributed by atoms with Gasteiger partial charge in [-0.15, -0.1) is 5.10 Å². The van der Waals surface area contributed by atoms with E-state index in [0.717, 1.165) is 17.7 Å². The number of nitrogens with two attached hydrogens (primary N) is 1. The minimum atomic E-state index is 0.578. The Kier molecular flexibility index (Phi) is 2.65. The fraction of sp³-hybridized carbons (Fsp3) is 0.300. The molecule has 0 unspecified atom stereocenters. The van der Waals surface area contributed by atoms with E-state index in [0.29, 0.717) is 13.1 Å². The first kappa shape index (κ1) is 9.02. The Morgan fingerprint density at radius 2 is 2.14 bits per heavy atom. The molecule has 72 valence electrons. The summed E-state index contributed by atoms with van der Waals surface area (Å²) in [6.07, 6.45) is 0.820. The fourth-order valence-corrected chi connectivity index (χ4v) is 1.43. The topological polar surface area (TPSA) is 63.1 Å². The van der Waals surface area contributed by atoms with Crippen LogP contribution >= 0.6 is 0 Å². The van der Waals surface area contributed by atoms with Crippen molar-refractivity contribution in [3.8, 4) is 0 Å². The Bertz CT molecular complexity index is 381. The molecule has 0 amide bonds. The molecule has 0 saturated heterocycles. The largest absolute Gasteiger partial charge is 0.326 e. The van der Waals surface area contributed by atoms with Crippen molar-refractivity contribution in [1.82, 2.24) is 0 Å². The van der Waals surface area contributed by atoms with Gasteiger partial charge in [0.25, 0.3) is 0 Å². The molecule has 0 saturated carbocycles. The number of nitrogens with zero attached hydrogens (tertiary/aromatic N) is 3. The van der Waals surface area contributed by atoms with Crippen molar-refractivity contribution in [1.29, 1.82) is 0 Å². The van der Waals surface area contributed by atoms with Gasteiger partial charge >= 0.3 is 0 Å². The number of hydrogen-bond acceptors (Lipinski definition) is 4. The summed E-state index contributed by atoms with van der Waals surface area (Å²) in [5.41, 5.74) is 8.94. The van der Waals surface area contributed by atoms with E-state index >= 15 is 0 Å². The zero-order chi connectivity index (χ0) is 9.80. The van der Waals surface area contributed by atoms with E-state index in [1.807, 2.05) is 12.1 Å². The third-order valence-corrected chi connectivity index (χ3v) is 2.14. The number of benzene rings is 1. The van der Waals surface area contributed by atoms with Crippen LogP contribution in [0.1, 0.15) is 11.1 Å². The van der Waals surface area contributed by atoms with Crippen molar-refractivity contribution < 1.29 is 0 Å². The van der Waals surface area contributed by atoms with E-state index in [1.54, 1.807) is 0 Å². The van der Waals surface area contributed by atoms with Gasteiger partial charge in [-0.2, -0.15) is 5.11 Å². The molecular weight excluding hydrogens is 176 g/mol. The Labute approximate surface area is 82.5 Å². The van der Waals surface area contributed by atoms with E-state index < -0.39 is 0 Å². The molecule has 1 heterocycles. The Balaban J connectivity index is 2.09. The highest BCUT2D eigenvalue weighted by Crippen LogP contribution is 2.08. The van der Waals surface area contributed by atoms with E-state index in [4.69, 9.17) is 5.73 Å². The molecule has 0 aliphatic carbocycles. The maximum atomic E-state index is 5.56. The van der Waals surface area contributed by atoms with Crippen molar-refractivity contribution in [2.24, 2.45) is 21.2 Å². The summed E-state index contributed by atoms with van der Waals surface area (Å²) in [5.74, 6) is 0. The first-order valence-electron chi connectivity index (χ1n) is 4.58. The first-order chi connectivity index (χ1) is 6.88. The summed E-state index contributed by atoms with van der Waals surface area (Å²) < 4.78 is 0. The molecule has 1 aliphatic rings. The molecule has 1 aromatic carbocycles. The van der Waals surface area contributed by atoms with Gasteiger partial charge in [0.2, 0.25) is 0 Å². The van der Waals surface area contributed by atoms with Crippen molar-refractivity contribution in [2.45, 2.75) is 13.0 Å². The van der Waals surface area contributed by atoms with Crippen LogP contribution in [0.5, 0.6) is 0 Å². The van der Waals surface area contributed by atoms with Gasteiger partial charge < -0.3 is 5.73 Å². The van der Waals surface area contributed by atoms with E-state index in [9.17, 15) is 0 Å². The molecule has 0 aromatic heterocycles. The second kappa shape index (κ2) is 4.11. The van der Waals surface area contributed by atoms with Gasteiger partial charge in [-0.3, -0.25) is 0 Å². The number of rotatable bonds is 3. The van der Waals surface area contributed by atoms with Gasteiger partial charge in [0, 0.05) is 13.0 Å². The second-order valence-corrected chi connectivity index (χ2v) is 3.26. The summed E-state index contributed by atoms with van der Waals surface area (Å²) in [7, 11) is 0. The van der Waals surface area contributed by atoms with E-state index in [1.165, 1.54) is 5.56 Å². The molecule has 14 heavy (non-hydrogen) atoms. The third-order valence-electron chi connectivity index (χ3n) is 2.14. The van der Waals surface area contributed by atoms with Gasteiger partial charge in [-0.1, -0.05) is 24.3 Å². The van der Waals surface area contributed by atoms with Crippen molar-refractivity contribution in [3.05, 3.63) is 35.4 Å². The van der Waals surface area contributed by atoms with Gasteiger partial charge in [0.1, 0.15) is 6.54 Å². The van der Waals surface area contributed by atoms with Crippen LogP contribution in [0.4, 0.5) is 0 Å². The van der Waals surface area contributed by atoms with E-state index in [2.05, 4.69) is 27.6 Å². The maximum absolute atomic E-state index is 5.56. The lowest BCUT2D eigenvalue weighted by atomic mass is 10.1. The summed E-state index contributed by atoms with van der Waals surface area (Å²) in [6.45, 7) is 1.21. The van der Waals surface area contributed by atoms with Gasteiger partial charge in [0.15, 0.2) is 0 Å². The standard InChI is InChI=1S/C10H12N4/c11-6-9-3-1-2-8(4-9)5-10-7-12-14-13-10/h1-4H,5-7,11H2. The molecule has 2 rings (SSSR count). The molecule has 4 heteroatoms. The molecular formula is C10H12N4.